The minimum Gasteiger partial charge on any atom is -0.305 e. The Balaban J connectivity index is 1.98. The summed E-state index contributed by atoms with van der Waals surface area (Å²) in [4.78, 5) is 0. The molecule has 90 valence electrons. The second-order valence-electron chi connectivity index (χ2n) is 5.61. The molecular weight excluding hydrogens is 202 g/mol. The molecule has 1 aromatic heterocycles. The molecule has 0 spiro atoms. The Bertz CT molecular complexity index is 352. The van der Waals surface area contributed by atoms with Gasteiger partial charge in [-0.2, -0.15) is 0 Å². The zero-order valence-corrected chi connectivity index (χ0v) is 10.6. The van der Waals surface area contributed by atoms with Gasteiger partial charge in [0.1, 0.15) is 0 Å². The van der Waals surface area contributed by atoms with E-state index >= 15 is 0 Å². The topological polar surface area (TPSA) is 55.6 Å². The van der Waals surface area contributed by atoms with Crippen molar-refractivity contribution in [3.05, 3.63) is 5.82 Å². The molecule has 1 aliphatic carbocycles. The molecular formula is C11H21N5. The van der Waals surface area contributed by atoms with Gasteiger partial charge in [-0.25, -0.2) is 4.68 Å². The summed E-state index contributed by atoms with van der Waals surface area (Å²) in [6, 6.07) is 0.539. The zero-order chi connectivity index (χ0) is 11.8. The van der Waals surface area contributed by atoms with Crippen molar-refractivity contribution in [1.82, 2.24) is 25.5 Å². The number of nitrogens with one attached hydrogen (secondary N) is 1. The minimum absolute atomic E-state index is 0.102. The molecule has 1 heterocycles. The molecule has 1 aromatic rings. The lowest BCUT2D eigenvalue weighted by atomic mass is 10.1. The molecule has 1 fully saturated rings. The highest BCUT2D eigenvalue weighted by atomic mass is 15.6. The Morgan fingerprint density at radius 2 is 2.19 bits per heavy atom. The average Bonchev–Trinajstić information content (AvgIpc) is 2.84. The molecule has 2 rings (SSSR count). The third-order valence-electron chi connectivity index (χ3n) is 3.06. The Kier molecular flexibility index (Phi) is 2.97. The van der Waals surface area contributed by atoms with Crippen molar-refractivity contribution in [3.63, 3.8) is 0 Å². The predicted octanol–water partition coefficient (Wildman–Crippen LogP) is 1.53. The second-order valence-corrected chi connectivity index (χ2v) is 5.61. The van der Waals surface area contributed by atoms with E-state index in [0.717, 1.165) is 18.3 Å². The third kappa shape index (κ3) is 2.58. The molecule has 0 aromatic carbocycles. The monoisotopic (exact) mass is 223 g/mol. The van der Waals surface area contributed by atoms with E-state index in [1.807, 2.05) is 4.68 Å². The standard InChI is InChI=1S/C11H21N5/c1-5-8-6-9(8)16-10(13-14-15-16)7-12-11(2,3)4/h8-9,12H,5-7H2,1-4H3. The predicted molar refractivity (Wildman–Crippen MR) is 61.8 cm³/mol. The van der Waals surface area contributed by atoms with E-state index in [1.54, 1.807) is 0 Å². The minimum atomic E-state index is 0.102. The second kappa shape index (κ2) is 4.13. The van der Waals surface area contributed by atoms with Gasteiger partial charge in [0, 0.05) is 5.54 Å². The van der Waals surface area contributed by atoms with Gasteiger partial charge in [0.2, 0.25) is 0 Å². The van der Waals surface area contributed by atoms with Crippen LogP contribution in [0.2, 0.25) is 0 Å². The number of tetrazole rings is 1. The van der Waals surface area contributed by atoms with Crippen molar-refractivity contribution in [2.75, 3.05) is 0 Å². The average molecular weight is 223 g/mol. The fourth-order valence-corrected chi connectivity index (χ4v) is 1.90. The first-order chi connectivity index (χ1) is 7.51. The summed E-state index contributed by atoms with van der Waals surface area (Å²) in [6.07, 6.45) is 2.45. The first-order valence-corrected chi connectivity index (χ1v) is 6.03. The Morgan fingerprint density at radius 3 is 2.75 bits per heavy atom. The van der Waals surface area contributed by atoms with Crippen LogP contribution in [-0.2, 0) is 6.54 Å². The van der Waals surface area contributed by atoms with E-state index in [2.05, 4.69) is 48.5 Å². The number of rotatable bonds is 4. The molecule has 1 saturated carbocycles. The van der Waals surface area contributed by atoms with E-state index < -0.39 is 0 Å². The van der Waals surface area contributed by atoms with Crippen molar-refractivity contribution in [1.29, 1.82) is 0 Å². The van der Waals surface area contributed by atoms with E-state index in [1.165, 1.54) is 12.8 Å². The molecule has 0 aliphatic heterocycles. The van der Waals surface area contributed by atoms with Crippen LogP contribution in [0.5, 0.6) is 0 Å². The molecule has 1 N–H and O–H groups in total. The third-order valence-corrected chi connectivity index (χ3v) is 3.06. The highest BCUT2D eigenvalue weighted by molar-refractivity contribution is 4.96. The van der Waals surface area contributed by atoms with E-state index in [4.69, 9.17) is 0 Å². The molecule has 0 amide bonds. The van der Waals surface area contributed by atoms with Crippen LogP contribution in [0.3, 0.4) is 0 Å². The maximum atomic E-state index is 4.09. The lowest BCUT2D eigenvalue weighted by Crippen LogP contribution is -2.36. The van der Waals surface area contributed by atoms with Gasteiger partial charge in [-0.05, 0) is 43.5 Å². The first kappa shape index (κ1) is 11.5. The van der Waals surface area contributed by atoms with Crippen LogP contribution in [0, 0.1) is 5.92 Å². The molecule has 16 heavy (non-hydrogen) atoms. The van der Waals surface area contributed by atoms with Crippen molar-refractivity contribution < 1.29 is 0 Å². The van der Waals surface area contributed by atoms with Gasteiger partial charge in [-0.15, -0.1) is 5.10 Å². The fraction of sp³-hybridized carbons (Fsp3) is 0.909. The van der Waals surface area contributed by atoms with Crippen molar-refractivity contribution in [2.24, 2.45) is 5.92 Å². The molecule has 5 nitrogen and oxygen atoms in total. The van der Waals surface area contributed by atoms with Crippen LogP contribution < -0.4 is 5.32 Å². The zero-order valence-electron chi connectivity index (χ0n) is 10.6. The Labute approximate surface area is 96.6 Å². The van der Waals surface area contributed by atoms with Crippen LogP contribution in [0.25, 0.3) is 0 Å². The molecule has 0 radical (unpaired) electrons. The summed E-state index contributed by atoms with van der Waals surface area (Å²) in [5, 5.41) is 15.4. The molecule has 1 aliphatic rings. The highest BCUT2D eigenvalue weighted by Gasteiger charge is 2.39. The summed E-state index contributed by atoms with van der Waals surface area (Å²) in [7, 11) is 0. The van der Waals surface area contributed by atoms with Crippen molar-refractivity contribution in [2.45, 2.75) is 58.7 Å². The molecule has 5 heteroatoms. The normalized spacial score (nSPS) is 24.8. The summed E-state index contributed by atoms with van der Waals surface area (Å²) < 4.78 is 1.99. The lowest BCUT2D eigenvalue weighted by Gasteiger charge is -2.19. The maximum Gasteiger partial charge on any atom is 0.165 e. The maximum absolute atomic E-state index is 4.09. The van der Waals surface area contributed by atoms with Gasteiger partial charge >= 0.3 is 0 Å². The lowest BCUT2D eigenvalue weighted by molar-refractivity contribution is 0.406. The largest absolute Gasteiger partial charge is 0.305 e. The Morgan fingerprint density at radius 1 is 1.44 bits per heavy atom. The Hall–Kier alpha value is -0.970. The van der Waals surface area contributed by atoms with Crippen molar-refractivity contribution in [3.8, 4) is 0 Å². The molecule has 2 atom stereocenters. The number of nitrogens with zero attached hydrogens (tertiary/aromatic N) is 4. The molecule has 0 bridgehead atoms. The molecule has 2 unspecified atom stereocenters. The summed E-state index contributed by atoms with van der Waals surface area (Å²) in [5.41, 5.74) is 0.102. The SMILES string of the molecule is CCC1CC1n1nnnc1CNC(C)(C)C. The summed E-state index contributed by atoms with van der Waals surface area (Å²) in [5.74, 6) is 1.73. The van der Waals surface area contributed by atoms with Crippen molar-refractivity contribution >= 4 is 0 Å². The number of hydrogen-bond donors (Lipinski definition) is 1. The quantitative estimate of drug-likeness (QED) is 0.841. The highest BCUT2D eigenvalue weighted by Crippen LogP contribution is 2.45. The van der Waals surface area contributed by atoms with E-state index in [9.17, 15) is 0 Å². The van der Waals surface area contributed by atoms with E-state index in [0.29, 0.717) is 6.04 Å². The van der Waals surface area contributed by atoms with Crippen LogP contribution in [-0.4, -0.2) is 25.7 Å². The summed E-state index contributed by atoms with van der Waals surface area (Å²) >= 11 is 0. The fourth-order valence-electron chi connectivity index (χ4n) is 1.90. The van der Waals surface area contributed by atoms with Crippen LogP contribution in [0.4, 0.5) is 0 Å². The van der Waals surface area contributed by atoms with Gasteiger partial charge in [-0.1, -0.05) is 13.3 Å². The van der Waals surface area contributed by atoms with Gasteiger partial charge in [0.25, 0.3) is 0 Å². The van der Waals surface area contributed by atoms with Gasteiger partial charge < -0.3 is 5.32 Å². The van der Waals surface area contributed by atoms with E-state index in [-0.39, 0.29) is 5.54 Å². The van der Waals surface area contributed by atoms with Crippen LogP contribution >= 0.6 is 0 Å². The van der Waals surface area contributed by atoms with Crippen LogP contribution in [0.15, 0.2) is 0 Å². The summed E-state index contributed by atoms with van der Waals surface area (Å²) in [6.45, 7) is 9.40. The van der Waals surface area contributed by atoms with Gasteiger partial charge in [0.05, 0.1) is 12.6 Å². The van der Waals surface area contributed by atoms with Gasteiger partial charge in [0.15, 0.2) is 5.82 Å². The van der Waals surface area contributed by atoms with Gasteiger partial charge in [-0.3, -0.25) is 0 Å². The first-order valence-electron chi connectivity index (χ1n) is 6.03. The van der Waals surface area contributed by atoms with Crippen LogP contribution in [0.1, 0.15) is 52.4 Å². The number of hydrogen-bond acceptors (Lipinski definition) is 4. The smallest absolute Gasteiger partial charge is 0.165 e. The number of aromatic nitrogens is 4. The molecule has 0 saturated heterocycles.